The highest BCUT2D eigenvalue weighted by molar-refractivity contribution is 6.51. The summed E-state index contributed by atoms with van der Waals surface area (Å²) in [5.41, 5.74) is 0.623. The van der Waals surface area contributed by atoms with Crippen molar-refractivity contribution >= 4 is 28.8 Å². The van der Waals surface area contributed by atoms with Crippen LogP contribution in [0, 0.1) is 17.0 Å². The summed E-state index contributed by atoms with van der Waals surface area (Å²) in [6, 6.07) is 21.2. The lowest BCUT2D eigenvalue weighted by Crippen LogP contribution is -2.34. The number of nitro groups is 1. The molecule has 0 unspecified atom stereocenters. The van der Waals surface area contributed by atoms with Crippen molar-refractivity contribution < 1.29 is 19.6 Å². The highest BCUT2D eigenvalue weighted by Gasteiger charge is 2.49. The van der Waals surface area contributed by atoms with Crippen LogP contribution in [-0.4, -0.2) is 31.1 Å². The van der Waals surface area contributed by atoms with Gasteiger partial charge in [-0.2, -0.15) is 0 Å². The van der Waals surface area contributed by atoms with Gasteiger partial charge in [0.2, 0.25) is 0 Å². The van der Waals surface area contributed by atoms with Crippen LogP contribution >= 0.6 is 0 Å². The summed E-state index contributed by atoms with van der Waals surface area (Å²) < 4.78 is 2.96. The van der Waals surface area contributed by atoms with Gasteiger partial charge < -0.3 is 5.11 Å². The summed E-state index contributed by atoms with van der Waals surface area (Å²) in [6.07, 6.45) is 0. The lowest BCUT2D eigenvalue weighted by Gasteiger charge is -2.24. The molecule has 190 valence electrons. The Morgan fingerprint density at radius 2 is 1.47 bits per heavy atom. The van der Waals surface area contributed by atoms with Crippen LogP contribution < -0.4 is 10.5 Å². The number of anilines is 1. The lowest BCUT2D eigenvalue weighted by molar-refractivity contribution is -0.384. The second-order valence-corrected chi connectivity index (χ2v) is 8.79. The van der Waals surface area contributed by atoms with E-state index in [4.69, 9.17) is 0 Å². The SMILES string of the molecule is Cc1c(N2C(=O)C(=O)/C(=C(/O)c3ccccc3)[C@@H]2c2ccc([N+](=O)[O-])cc2)c(=O)n(-c2ccccc2)n1C. The van der Waals surface area contributed by atoms with E-state index in [1.807, 2.05) is 6.07 Å². The molecule has 1 aliphatic rings. The molecule has 1 N–H and O–H groups in total. The van der Waals surface area contributed by atoms with Crippen LogP contribution in [0.1, 0.15) is 22.9 Å². The monoisotopic (exact) mass is 510 g/mol. The van der Waals surface area contributed by atoms with Gasteiger partial charge in [0.25, 0.3) is 22.9 Å². The second-order valence-electron chi connectivity index (χ2n) is 8.79. The Hall–Kier alpha value is -5.25. The van der Waals surface area contributed by atoms with Gasteiger partial charge in [-0.25, -0.2) is 4.68 Å². The molecular weight excluding hydrogens is 488 g/mol. The number of hydrogen-bond donors (Lipinski definition) is 1. The van der Waals surface area contributed by atoms with E-state index in [0.717, 1.165) is 4.90 Å². The zero-order valence-electron chi connectivity index (χ0n) is 20.4. The number of carbonyl (C=O) groups is 2. The van der Waals surface area contributed by atoms with Gasteiger partial charge >= 0.3 is 0 Å². The number of aromatic nitrogens is 2. The Kier molecular flexibility index (Phi) is 6.00. The van der Waals surface area contributed by atoms with Gasteiger partial charge in [-0.1, -0.05) is 48.5 Å². The zero-order valence-corrected chi connectivity index (χ0v) is 20.4. The molecule has 0 radical (unpaired) electrons. The standard InChI is InChI=1S/C28H22N4O6/c1-17-23(27(35)31(29(17)2)20-11-7-4-8-12-20)30-24(18-13-15-21(16-14-18)32(37)38)22(26(34)28(30)36)25(33)19-9-5-3-6-10-19/h3-16,24,33H,1-2H3/b25-22+/t24-/m0/s1. The van der Waals surface area contributed by atoms with Crippen molar-refractivity contribution in [3.8, 4) is 5.69 Å². The third-order valence-corrected chi connectivity index (χ3v) is 6.68. The van der Waals surface area contributed by atoms with E-state index in [0.29, 0.717) is 22.5 Å². The average Bonchev–Trinajstić information content (AvgIpc) is 3.31. The topological polar surface area (TPSA) is 128 Å². The molecule has 10 nitrogen and oxygen atoms in total. The van der Waals surface area contributed by atoms with E-state index in [1.165, 1.54) is 28.9 Å². The number of amides is 1. The van der Waals surface area contributed by atoms with Crippen LogP contribution in [0.25, 0.3) is 11.4 Å². The molecule has 1 fully saturated rings. The van der Waals surface area contributed by atoms with Gasteiger partial charge in [0.05, 0.1) is 27.9 Å². The minimum atomic E-state index is -1.20. The average molecular weight is 511 g/mol. The smallest absolute Gasteiger partial charge is 0.300 e. The number of nitrogens with zero attached hydrogens (tertiary/aromatic N) is 4. The molecule has 4 aromatic rings. The highest BCUT2D eigenvalue weighted by atomic mass is 16.6. The van der Waals surface area contributed by atoms with Crippen molar-refractivity contribution in [2.24, 2.45) is 7.05 Å². The number of aliphatic hydroxyl groups excluding tert-OH is 1. The summed E-state index contributed by atoms with van der Waals surface area (Å²) in [4.78, 5) is 52.5. The molecule has 3 aromatic carbocycles. The van der Waals surface area contributed by atoms with Crippen LogP contribution in [0.5, 0.6) is 0 Å². The molecule has 0 saturated carbocycles. The minimum absolute atomic E-state index is 0.0334. The van der Waals surface area contributed by atoms with Gasteiger partial charge in [-0.3, -0.25) is 34.1 Å². The van der Waals surface area contributed by atoms with Gasteiger partial charge in [-0.05, 0) is 36.8 Å². The van der Waals surface area contributed by atoms with E-state index in [2.05, 4.69) is 0 Å². The van der Waals surface area contributed by atoms with E-state index in [-0.39, 0.29) is 16.9 Å². The molecule has 0 aliphatic carbocycles. The number of ketones is 1. The van der Waals surface area contributed by atoms with Crippen LogP contribution in [0.3, 0.4) is 0 Å². The van der Waals surface area contributed by atoms with E-state index in [1.54, 1.807) is 73.3 Å². The Bertz CT molecular complexity index is 1670. The molecule has 0 spiro atoms. The number of Topliss-reactive ketones (excluding diaryl/α,β-unsaturated/α-hetero) is 1. The van der Waals surface area contributed by atoms with E-state index < -0.39 is 34.0 Å². The van der Waals surface area contributed by atoms with Crippen molar-refractivity contribution in [2.45, 2.75) is 13.0 Å². The van der Waals surface area contributed by atoms with Gasteiger partial charge in [0, 0.05) is 24.7 Å². The molecule has 1 aromatic heterocycles. The zero-order chi connectivity index (χ0) is 27.1. The summed E-state index contributed by atoms with van der Waals surface area (Å²) in [5.74, 6) is -2.37. The van der Waals surface area contributed by atoms with E-state index in [9.17, 15) is 29.6 Å². The number of benzene rings is 3. The number of rotatable bonds is 5. The van der Waals surface area contributed by atoms with Crippen molar-refractivity contribution in [1.82, 2.24) is 9.36 Å². The number of non-ortho nitro benzene ring substituents is 1. The van der Waals surface area contributed by atoms with Crippen LogP contribution in [0.2, 0.25) is 0 Å². The van der Waals surface area contributed by atoms with Gasteiger partial charge in [-0.15, -0.1) is 0 Å². The Labute approximate surface area is 216 Å². The maximum absolute atomic E-state index is 13.8. The summed E-state index contributed by atoms with van der Waals surface area (Å²) in [5, 5.41) is 22.4. The third kappa shape index (κ3) is 3.79. The summed E-state index contributed by atoms with van der Waals surface area (Å²) in [6.45, 7) is 1.65. The first kappa shape index (κ1) is 24.4. The number of hydrogen-bond acceptors (Lipinski definition) is 6. The second kappa shape index (κ2) is 9.32. The predicted octanol–water partition coefficient (Wildman–Crippen LogP) is 4.02. The van der Waals surface area contributed by atoms with Crippen molar-refractivity contribution in [1.29, 1.82) is 0 Å². The normalized spacial score (nSPS) is 16.7. The Morgan fingerprint density at radius 1 is 0.895 bits per heavy atom. The number of nitro benzene ring substituents is 1. The fourth-order valence-corrected chi connectivity index (χ4v) is 4.74. The number of para-hydroxylation sites is 1. The largest absolute Gasteiger partial charge is 0.507 e. The highest BCUT2D eigenvalue weighted by Crippen LogP contribution is 2.42. The molecule has 2 heterocycles. The van der Waals surface area contributed by atoms with Crippen molar-refractivity contribution in [3.05, 3.63) is 128 Å². The van der Waals surface area contributed by atoms with Crippen LogP contribution in [0.4, 0.5) is 11.4 Å². The molecule has 38 heavy (non-hydrogen) atoms. The maximum atomic E-state index is 13.8. The Morgan fingerprint density at radius 3 is 2.05 bits per heavy atom. The predicted molar refractivity (Wildman–Crippen MR) is 140 cm³/mol. The summed E-state index contributed by atoms with van der Waals surface area (Å²) >= 11 is 0. The molecule has 1 saturated heterocycles. The first-order valence-corrected chi connectivity index (χ1v) is 11.7. The fraction of sp³-hybridized carbons (Fsp3) is 0.107. The first-order chi connectivity index (χ1) is 18.2. The van der Waals surface area contributed by atoms with Crippen LogP contribution in [-0.2, 0) is 16.6 Å². The fourth-order valence-electron chi connectivity index (χ4n) is 4.74. The quantitative estimate of drug-likeness (QED) is 0.142. The lowest BCUT2D eigenvalue weighted by atomic mass is 9.95. The molecule has 0 bridgehead atoms. The number of carbonyl (C=O) groups excluding carboxylic acids is 2. The summed E-state index contributed by atoms with van der Waals surface area (Å²) in [7, 11) is 1.66. The number of aliphatic hydroxyl groups is 1. The Balaban J connectivity index is 1.78. The third-order valence-electron chi connectivity index (χ3n) is 6.68. The van der Waals surface area contributed by atoms with Crippen molar-refractivity contribution in [2.75, 3.05) is 4.90 Å². The molecule has 1 atom stereocenters. The van der Waals surface area contributed by atoms with Crippen LogP contribution in [0.15, 0.2) is 95.3 Å². The van der Waals surface area contributed by atoms with Crippen molar-refractivity contribution in [3.63, 3.8) is 0 Å². The molecular formula is C28H22N4O6. The minimum Gasteiger partial charge on any atom is -0.507 e. The van der Waals surface area contributed by atoms with Gasteiger partial charge in [0.1, 0.15) is 11.4 Å². The molecule has 1 amide bonds. The van der Waals surface area contributed by atoms with Gasteiger partial charge in [0.15, 0.2) is 0 Å². The molecule has 10 heteroatoms. The molecule has 5 rings (SSSR count). The van der Waals surface area contributed by atoms with E-state index >= 15 is 0 Å². The first-order valence-electron chi connectivity index (χ1n) is 11.7. The maximum Gasteiger partial charge on any atom is 0.300 e. The molecule has 1 aliphatic heterocycles.